The molecule has 5 nitrogen and oxygen atoms in total. The predicted molar refractivity (Wildman–Crippen MR) is 131 cm³/mol. The molecule has 3 rings (SSSR count). The van der Waals surface area contributed by atoms with Gasteiger partial charge in [0.15, 0.2) is 23.0 Å². The normalized spacial score (nSPS) is 10.4. The van der Waals surface area contributed by atoms with E-state index in [0.29, 0.717) is 41.8 Å². The maximum absolute atomic E-state index is 6.33. The van der Waals surface area contributed by atoms with Gasteiger partial charge < -0.3 is 23.7 Å². The first-order valence-electron chi connectivity index (χ1n) is 11.0. The second-order valence-electron chi connectivity index (χ2n) is 7.59. The van der Waals surface area contributed by atoms with Crippen molar-refractivity contribution in [3.05, 3.63) is 83.9 Å². The number of aryl methyl sites for hydroxylation is 1. The largest absolute Gasteiger partial charge is 0.497 e. The minimum Gasteiger partial charge on any atom is -0.497 e. The van der Waals surface area contributed by atoms with E-state index in [1.165, 1.54) is 5.56 Å². The van der Waals surface area contributed by atoms with Crippen molar-refractivity contribution in [2.75, 3.05) is 21.3 Å². The van der Waals surface area contributed by atoms with Gasteiger partial charge in [0.2, 0.25) is 5.75 Å². The highest BCUT2D eigenvalue weighted by Gasteiger charge is 2.18. The second kappa shape index (κ2) is 11.9. The molecule has 0 aliphatic heterocycles. The summed E-state index contributed by atoms with van der Waals surface area (Å²) in [6, 6.07) is 17.6. The van der Waals surface area contributed by atoms with Crippen LogP contribution in [0.3, 0.4) is 0 Å². The van der Waals surface area contributed by atoms with Crippen molar-refractivity contribution in [2.45, 2.75) is 32.8 Å². The molecule has 33 heavy (non-hydrogen) atoms. The SMILES string of the molecule is C=CCc1cc(OC)c(OCc2ccc(OC)cc2)c(Oc2ccc(CCC)cc2OC)c1. The fourth-order valence-corrected chi connectivity index (χ4v) is 3.52. The highest BCUT2D eigenvalue weighted by Crippen LogP contribution is 2.43. The number of hydrogen-bond donors (Lipinski definition) is 0. The van der Waals surface area contributed by atoms with E-state index in [1.54, 1.807) is 21.3 Å². The van der Waals surface area contributed by atoms with Crippen LogP contribution in [0.1, 0.15) is 30.0 Å². The number of methoxy groups -OCH3 is 3. The van der Waals surface area contributed by atoms with Crippen LogP contribution >= 0.6 is 0 Å². The molecule has 0 fully saturated rings. The van der Waals surface area contributed by atoms with E-state index in [-0.39, 0.29) is 0 Å². The molecule has 0 atom stereocenters. The van der Waals surface area contributed by atoms with E-state index in [0.717, 1.165) is 29.7 Å². The highest BCUT2D eigenvalue weighted by atomic mass is 16.5. The summed E-state index contributed by atoms with van der Waals surface area (Å²) in [5, 5.41) is 0. The van der Waals surface area contributed by atoms with Crippen molar-refractivity contribution in [1.29, 1.82) is 0 Å². The third kappa shape index (κ3) is 6.22. The van der Waals surface area contributed by atoms with E-state index >= 15 is 0 Å². The number of benzene rings is 3. The molecule has 3 aromatic rings. The summed E-state index contributed by atoms with van der Waals surface area (Å²) in [6.45, 7) is 6.35. The van der Waals surface area contributed by atoms with Crippen LogP contribution in [-0.2, 0) is 19.4 Å². The van der Waals surface area contributed by atoms with E-state index < -0.39 is 0 Å². The molecule has 0 aromatic heterocycles. The van der Waals surface area contributed by atoms with Gasteiger partial charge in [0.1, 0.15) is 12.4 Å². The molecular formula is C28H32O5. The Morgan fingerprint density at radius 2 is 1.39 bits per heavy atom. The predicted octanol–water partition coefficient (Wildman–Crippen LogP) is 6.76. The zero-order chi connectivity index (χ0) is 23.6. The van der Waals surface area contributed by atoms with E-state index in [1.807, 2.05) is 54.6 Å². The van der Waals surface area contributed by atoms with E-state index in [2.05, 4.69) is 19.6 Å². The van der Waals surface area contributed by atoms with Crippen molar-refractivity contribution in [3.63, 3.8) is 0 Å². The summed E-state index contributed by atoms with van der Waals surface area (Å²) in [5.41, 5.74) is 3.21. The van der Waals surface area contributed by atoms with Gasteiger partial charge in [-0.15, -0.1) is 6.58 Å². The summed E-state index contributed by atoms with van der Waals surface area (Å²) in [6.07, 6.45) is 4.57. The summed E-state index contributed by atoms with van der Waals surface area (Å²) >= 11 is 0. The lowest BCUT2D eigenvalue weighted by atomic mass is 10.1. The number of rotatable bonds is 12. The first kappa shape index (κ1) is 24.1. The Morgan fingerprint density at radius 1 is 0.727 bits per heavy atom. The van der Waals surface area contributed by atoms with Gasteiger partial charge in [0.05, 0.1) is 21.3 Å². The lowest BCUT2D eigenvalue weighted by Gasteiger charge is -2.18. The van der Waals surface area contributed by atoms with E-state index in [4.69, 9.17) is 23.7 Å². The fraction of sp³-hybridized carbons (Fsp3) is 0.286. The van der Waals surface area contributed by atoms with Crippen LogP contribution in [-0.4, -0.2) is 21.3 Å². The van der Waals surface area contributed by atoms with Gasteiger partial charge in [-0.05, 0) is 65.9 Å². The molecule has 0 heterocycles. The lowest BCUT2D eigenvalue weighted by molar-refractivity contribution is 0.269. The van der Waals surface area contributed by atoms with Crippen LogP contribution in [0.15, 0.2) is 67.3 Å². The Bertz CT molecular complexity index is 1060. The topological polar surface area (TPSA) is 46.2 Å². The van der Waals surface area contributed by atoms with Crippen molar-refractivity contribution in [1.82, 2.24) is 0 Å². The van der Waals surface area contributed by atoms with Gasteiger partial charge in [-0.3, -0.25) is 0 Å². The molecular weight excluding hydrogens is 416 g/mol. The van der Waals surface area contributed by atoms with Gasteiger partial charge in [-0.1, -0.05) is 37.6 Å². The average molecular weight is 449 g/mol. The molecule has 3 aromatic carbocycles. The standard InChI is InChI=1S/C28H32O5/c1-6-8-20-12-15-24(25(16-20)30-4)33-27-18-22(9-7-2)17-26(31-5)28(27)32-19-21-10-13-23(29-3)14-11-21/h7,10-18H,2,6,8-9,19H2,1,3-5H3. The number of allylic oxidation sites excluding steroid dienone is 1. The van der Waals surface area contributed by atoms with Crippen molar-refractivity contribution in [3.8, 4) is 34.5 Å². The zero-order valence-electron chi connectivity index (χ0n) is 19.9. The Morgan fingerprint density at radius 3 is 2.03 bits per heavy atom. The fourth-order valence-electron chi connectivity index (χ4n) is 3.52. The lowest BCUT2D eigenvalue weighted by Crippen LogP contribution is -2.02. The van der Waals surface area contributed by atoms with Crippen molar-refractivity contribution >= 4 is 0 Å². The first-order valence-corrected chi connectivity index (χ1v) is 11.0. The van der Waals surface area contributed by atoms with Crippen LogP contribution < -0.4 is 23.7 Å². The van der Waals surface area contributed by atoms with Gasteiger partial charge in [-0.25, -0.2) is 0 Å². The summed E-state index contributed by atoms with van der Waals surface area (Å²) in [7, 11) is 4.92. The van der Waals surface area contributed by atoms with Crippen molar-refractivity contribution < 1.29 is 23.7 Å². The van der Waals surface area contributed by atoms with Gasteiger partial charge >= 0.3 is 0 Å². The number of ether oxygens (including phenoxy) is 5. The Balaban J connectivity index is 1.95. The Hall–Kier alpha value is -3.60. The van der Waals surface area contributed by atoms with Gasteiger partial charge in [0.25, 0.3) is 0 Å². The van der Waals surface area contributed by atoms with Crippen LogP contribution in [0.4, 0.5) is 0 Å². The second-order valence-corrected chi connectivity index (χ2v) is 7.59. The molecule has 0 spiro atoms. The molecule has 0 unspecified atom stereocenters. The third-order valence-corrected chi connectivity index (χ3v) is 5.21. The molecule has 0 radical (unpaired) electrons. The molecule has 0 bridgehead atoms. The summed E-state index contributed by atoms with van der Waals surface area (Å²) in [5.74, 6) is 3.77. The molecule has 5 heteroatoms. The smallest absolute Gasteiger partial charge is 0.204 e. The number of hydrogen-bond acceptors (Lipinski definition) is 5. The molecule has 0 N–H and O–H groups in total. The maximum atomic E-state index is 6.33. The van der Waals surface area contributed by atoms with Crippen LogP contribution in [0, 0.1) is 0 Å². The van der Waals surface area contributed by atoms with Gasteiger partial charge in [0, 0.05) is 0 Å². The zero-order valence-corrected chi connectivity index (χ0v) is 19.9. The monoisotopic (exact) mass is 448 g/mol. The molecule has 0 amide bonds. The molecule has 0 saturated carbocycles. The van der Waals surface area contributed by atoms with Crippen molar-refractivity contribution in [2.24, 2.45) is 0 Å². The minimum absolute atomic E-state index is 0.351. The maximum Gasteiger partial charge on any atom is 0.204 e. The average Bonchev–Trinajstić information content (AvgIpc) is 2.84. The summed E-state index contributed by atoms with van der Waals surface area (Å²) in [4.78, 5) is 0. The van der Waals surface area contributed by atoms with Crippen LogP contribution in [0.2, 0.25) is 0 Å². The molecule has 174 valence electrons. The summed E-state index contributed by atoms with van der Waals surface area (Å²) < 4.78 is 29.0. The molecule has 0 aliphatic rings. The Labute approximate surface area is 196 Å². The highest BCUT2D eigenvalue weighted by molar-refractivity contribution is 5.57. The van der Waals surface area contributed by atoms with E-state index in [9.17, 15) is 0 Å². The quantitative estimate of drug-likeness (QED) is 0.286. The van der Waals surface area contributed by atoms with Crippen LogP contribution in [0.25, 0.3) is 0 Å². The van der Waals surface area contributed by atoms with Gasteiger partial charge in [-0.2, -0.15) is 0 Å². The first-order chi connectivity index (χ1) is 16.1. The van der Waals surface area contributed by atoms with Crippen LogP contribution in [0.5, 0.6) is 34.5 Å². The molecule has 0 aliphatic carbocycles. The minimum atomic E-state index is 0.351. The third-order valence-electron chi connectivity index (χ3n) is 5.21. The molecule has 0 saturated heterocycles. The Kier molecular flexibility index (Phi) is 8.64.